The number of piperazine rings is 1. The second-order valence-electron chi connectivity index (χ2n) is 5.60. The topological polar surface area (TPSA) is 66.5 Å². The number of aryl methyl sites for hydroxylation is 1. The van der Waals surface area contributed by atoms with Crippen molar-refractivity contribution in [3.05, 3.63) is 65.5 Å². The lowest BCUT2D eigenvalue weighted by Gasteiger charge is -2.34. The van der Waals surface area contributed by atoms with E-state index < -0.39 is 27.8 Å². The van der Waals surface area contributed by atoms with Gasteiger partial charge in [0.25, 0.3) is 0 Å². The first-order valence-electron chi connectivity index (χ1n) is 7.52. The Bertz CT molecular complexity index is 883. The summed E-state index contributed by atoms with van der Waals surface area (Å²) in [5.41, 5.74) is 0.627. The maximum absolute atomic E-state index is 14.2. The number of sulfonamides is 1. The van der Waals surface area contributed by atoms with E-state index in [9.17, 15) is 17.6 Å². The van der Waals surface area contributed by atoms with Gasteiger partial charge in [-0.25, -0.2) is 12.8 Å². The minimum absolute atomic E-state index is 0.0480. The van der Waals surface area contributed by atoms with E-state index in [1.54, 1.807) is 31.2 Å². The zero-order valence-corrected chi connectivity index (χ0v) is 13.9. The molecule has 1 aliphatic heterocycles. The van der Waals surface area contributed by atoms with Crippen LogP contribution in [-0.2, 0) is 14.8 Å². The van der Waals surface area contributed by atoms with Crippen LogP contribution in [0.3, 0.4) is 0 Å². The molecule has 0 bridgehead atoms. The quantitative estimate of drug-likeness (QED) is 0.923. The number of hydrogen-bond donors (Lipinski definition) is 1. The molecule has 1 saturated heterocycles. The molecule has 0 aliphatic carbocycles. The SMILES string of the molecule is Cc1ccccc1S(=O)(=O)N1CCNC(=O)C1c1ccccc1F. The van der Waals surface area contributed by atoms with Gasteiger partial charge in [-0.15, -0.1) is 0 Å². The third-order valence-corrected chi connectivity index (χ3v) is 6.07. The lowest BCUT2D eigenvalue weighted by Crippen LogP contribution is -2.52. The number of benzene rings is 2. The molecule has 0 saturated carbocycles. The second-order valence-corrected chi connectivity index (χ2v) is 7.46. The normalized spacial score (nSPS) is 19.1. The van der Waals surface area contributed by atoms with Crippen LogP contribution in [0.15, 0.2) is 53.4 Å². The molecule has 1 N–H and O–H groups in total. The van der Waals surface area contributed by atoms with E-state index in [0.29, 0.717) is 5.56 Å². The molecule has 1 heterocycles. The van der Waals surface area contributed by atoms with Crippen molar-refractivity contribution >= 4 is 15.9 Å². The van der Waals surface area contributed by atoms with Crippen LogP contribution in [0, 0.1) is 12.7 Å². The second kappa shape index (κ2) is 6.33. The van der Waals surface area contributed by atoms with Crippen molar-refractivity contribution in [3.8, 4) is 0 Å². The summed E-state index contributed by atoms with van der Waals surface area (Å²) in [4.78, 5) is 12.5. The molecule has 126 valence electrons. The number of rotatable bonds is 3. The molecule has 0 aromatic heterocycles. The van der Waals surface area contributed by atoms with E-state index in [-0.39, 0.29) is 23.5 Å². The number of carbonyl (C=O) groups is 1. The van der Waals surface area contributed by atoms with Crippen molar-refractivity contribution in [3.63, 3.8) is 0 Å². The lowest BCUT2D eigenvalue weighted by molar-refractivity contribution is -0.127. The molecule has 2 aromatic rings. The molecule has 0 spiro atoms. The molecule has 1 unspecified atom stereocenters. The smallest absolute Gasteiger partial charge is 0.244 e. The van der Waals surface area contributed by atoms with E-state index in [1.807, 2.05) is 0 Å². The molecule has 24 heavy (non-hydrogen) atoms. The van der Waals surface area contributed by atoms with Crippen LogP contribution in [-0.4, -0.2) is 31.7 Å². The van der Waals surface area contributed by atoms with Gasteiger partial charge in [0.15, 0.2) is 0 Å². The van der Waals surface area contributed by atoms with E-state index in [4.69, 9.17) is 0 Å². The summed E-state index contributed by atoms with van der Waals surface area (Å²) < 4.78 is 41.4. The van der Waals surface area contributed by atoms with Crippen LogP contribution in [0.4, 0.5) is 4.39 Å². The van der Waals surface area contributed by atoms with Crippen LogP contribution in [0.5, 0.6) is 0 Å². The Kier molecular flexibility index (Phi) is 4.38. The minimum atomic E-state index is -3.93. The van der Waals surface area contributed by atoms with Gasteiger partial charge in [-0.1, -0.05) is 36.4 Å². The number of nitrogens with one attached hydrogen (secondary N) is 1. The Balaban J connectivity index is 2.12. The average Bonchev–Trinajstić information content (AvgIpc) is 2.56. The summed E-state index contributed by atoms with van der Waals surface area (Å²) in [5.74, 6) is -1.13. The minimum Gasteiger partial charge on any atom is -0.353 e. The van der Waals surface area contributed by atoms with Gasteiger partial charge in [-0.2, -0.15) is 4.31 Å². The molecule has 7 heteroatoms. The number of halogens is 1. The highest BCUT2D eigenvalue weighted by Crippen LogP contribution is 2.31. The summed E-state index contributed by atoms with van der Waals surface area (Å²) in [6.45, 7) is 1.96. The zero-order valence-electron chi connectivity index (χ0n) is 13.1. The van der Waals surface area contributed by atoms with Crippen molar-refractivity contribution in [1.29, 1.82) is 0 Å². The summed E-state index contributed by atoms with van der Waals surface area (Å²) in [7, 11) is -3.93. The van der Waals surface area contributed by atoms with Crippen molar-refractivity contribution in [2.75, 3.05) is 13.1 Å². The van der Waals surface area contributed by atoms with Gasteiger partial charge >= 0.3 is 0 Å². The molecular formula is C17H17FN2O3S. The summed E-state index contributed by atoms with van der Waals surface area (Å²) in [5, 5.41) is 2.61. The summed E-state index contributed by atoms with van der Waals surface area (Å²) >= 11 is 0. The summed E-state index contributed by atoms with van der Waals surface area (Å²) in [6.07, 6.45) is 0. The van der Waals surface area contributed by atoms with Crippen molar-refractivity contribution < 1.29 is 17.6 Å². The van der Waals surface area contributed by atoms with Gasteiger partial charge in [0.05, 0.1) is 4.90 Å². The highest BCUT2D eigenvalue weighted by Gasteiger charge is 2.41. The van der Waals surface area contributed by atoms with Gasteiger partial charge in [0, 0.05) is 18.7 Å². The van der Waals surface area contributed by atoms with Crippen LogP contribution in [0.2, 0.25) is 0 Å². The third-order valence-electron chi connectivity index (χ3n) is 4.05. The van der Waals surface area contributed by atoms with Crippen LogP contribution >= 0.6 is 0 Å². The van der Waals surface area contributed by atoms with Gasteiger partial charge in [0.2, 0.25) is 15.9 Å². The Morgan fingerprint density at radius 2 is 1.79 bits per heavy atom. The molecule has 1 amide bonds. The van der Waals surface area contributed by atoms with Crippen LogP contribution < -0.4 is 5.32 Å². The predicted octanol–water partition coefficient (Wildman–Crippen LogP) is 2.00. The van der Waals surface area contributed by atoms with Gasteiger partial charge in [0.1, 0.15) is 11.9 Å². The van der Waals surface area contributed by atoms with Crippen LogP contribution in [0.25, 0.3) is 0 Å². The average molecular weight is 348 g/mol. The standard InChI is InChI=1S/C17H17FN2O3S/c1-12-6-2-5-9-15(12)24(22,23)20-11-10-19-17(21)16(20)13-7-3-4-8-14(13)18/h2-9,16H,10-11H2,1H3,(H,19,21). The highest BCUT2D eigenvalue weighted by molar-refractivity contribution is 7.89. The third kappa shape index (κ3) is 2.81. The van der Waals surface area contributed by atoms with E-state index in [1.165, 1.54) is 24.3 Å². The molecule has 2 aromatic carbocycles. The first-order chi connectivity index (χ1) is 11.4. The largest absolute Gasteiger partial charge is 0.353 e. The highest BCUT2D eigenvalue weighted by atomic mass is 32.2. The Morgan fingerprint density at radius 1 is 1.12 bits per heavy atom. The first kappa shape index (κ1) is 16.6. The van der Waals surface area contributed by atoms with E-state index in [2.05, 4.69) is 5.32 Å². The van der Waals surface area contributed by atoms with Crippen molar-refractivity contribution in [2.24, 2.45) is 0 Å². The maximum atomic E-state index is 14.2. The number of amides is 1. The molecular weight excluding hydrogens is 331 g/mol. The number of hydrogen-bond acceptors (Lipinski definition) is 3. The first-order valence-corrected chi connectivity index (χ1v) is 8.96. The van der Waals surface area contributed by atoms with Crippen molar-refractivity contribution in [2.45, 2.75) is 17.9 Å². The zero-order chi connectivity index (χ0) is 17.3. The van der Waals surface area contributed by atoms with Gasteiger partial charge < -0.3 is 5.32 Å². The number of nitrogens with zero attached hydrogens (tertiary/aromatic N) is 1. The predicted molar refractivity (Wildman–Crippen MR) is 87.2 cm³/mol. The van der Waals surface area contributed by atoms with Crippen LogP contribution in [0.1, 0.15) is 17.2 Å². The monoisotopic (exact) mass is 348 g/mol. The fourth-order valence-electron chi connectivity index (χ4n) is 2.87. The number of carbonyl (C=O) groups excluding carboxylic acids is 1. The maximum Gasteiger partial charge on any atom is 0.244 e. The molecule has 1 fully saturated rings. The molecule has 5 nitrogen and oxygen atoms in total. The molecule has 3 rings (SSSR count). The van der Waals surface area contributed by atoms with Gasteiger partial charge in [-0.05, 0) is 24.6 Å². The molecule has 0 radical (unpaired) electrons. The summed E-state index contributed by atoms with van der Waals surface area (Å²) in [6, 6.07) is 11.1. The van der Waals surface area contributed by atoms with Gasteiger partial charge in [-0.3, -0.25) is 4.79 Å². The fourth-order valence-corrected chi connectivity index (χ4v) is 4.67. The van der Waals surface area contributed by atoms with Crippen molar-refractivity contribution in [1.82, 2.24) is 9.62 Å². The molecule has 1 atom stereocenters. The Hall–Kier alpha value is -2.25. The Morgan fingerprint density at radius 3 is 2.50 bits per heavy atom. The molecule has 1 aliphatic rings. The Labute approximate surface area is 140 Å². The van der Waals surface area contributed by atoms with E-state index in [0.717, 1.165) is 4.31 Å². The lowest BCUT2D eigenvalue weighted by atomic mass is 10.0. The fraction of sp³-hybridized carbons (Fsp3) is 0.235. The van der Waals surface area contributed by atoms with E-state index >= 15 is 0 Å².